The van der Waals surface area contributed by atoms with Gasteiger partial charge in [-0.3, -0.25) is 14.5 Å². The molecule has 0 aliphatic carbocycles. The summed E-state index contributed by atoms with van der Waals surface area (Å²) in [5.74, 6) is -0.805. The molecule has 1 aromatic carbocycles. The van der Waals surface area contributed by atoms with Crippen molar-refractivity contribution in [3.05, 3.63) is 29.8 Å². The molecule has 0 bridgehead atoms. The Morgan fingerprint density at radius 2 is 2.11 bits per heavy atom. The number of methoxy groups -OCH3 is 1. The van der Waals surface area contributed by atoms with Crippen LogP contribution in [-0.4, -0.2) is 30.4 Å². The molecule has 0 radical (unpaired) electrons. The van der Waals surface area contributed by atoms with E-state index in [2.05, 4.69) is 0 Å². The Hall–Kier alpha value is -2.35. The maximum absolute atomic E-state index is 12.1. The molecule has 0 saturated carbocycles. The maximum atomic E-state index is 12.1. The first-order valence-electron chi connectivity index (χ1n) is 5.56. The quantitative estimate of drug-likeness (QED) is 0.733. The summed E-state index contributed by atoms with van der Waals surface area (Å²) in [4.78, 5) is 24.9. The van der Waals surface area contributed by atoms with Crippen molar-refractivity contribution in [2.45, 2.75) is 6.42 Å². The predicted molar refractivity (Wildman–Crippen MR) is 62.8 cm³/mol. The summed E-state index contributed by atoms with van der Waals surface area (Å²) in [6, 6.07) is 8.44. The standard InChI is InChI=1S/C13H12N2O3/c1-18-11-4-2-9(3-5-11)12(16)15-7-6-10(8-14)13(15)17/h2-5,10H,6-7H2,1H3. The number of benzene rings is 1. The second-order valence-corrected chi connectivity index (χ2v) is 3.99. The van der Waals surface area contributed by atoms with Crippen LogP contribution in [-0.2, 0) is 4.79 Å². The summed E-state index contributed by atoms with van der Waals surface area (Å²) in [6.07, 6.45) is 0.414. The Balaban J connectivity index is 2.17. The van der Waals surface area contributed by atoms with Gasteiger partial charge in [-0.15, -0.1) is 0 Å². The highest BCUT2D eigenvalue weighted by Crippen LogP contribution is 2.20. The SMILES string of the molecule is COc1ccc(C(=O)N2CCC(C#N)C2=O)cc1. The Bertz CT molecular complexity index is 516. The minimum absolute atomic E-state index is 0.307. The van der Waals surface area contributed by atoms with Crippen LogP contribution in [0, 0.1) is 17.2 Å². The van der Waals surface area contributed by atoms with Gasteiger partial charge >= 0.3 is 0 Å². The number of carbonyl (C=O) groups excluding carboxylic acids is 2. The van der Waals surface area contributed by atoms with Gasteiger partial charge in [-0.2, -0.15) is 5.26 Å². The Morgan fingerprint density at radius 1 is 1.44 bits per heavy atom. The van der Waals surface area contributed by atoms with Crippen molar-refractivity contribution in [3.63, 3.8) is 0 Å². The third-order valence-corrected chi connectivity index (χ3v) is 2.94. The molecule has 0 aromatic heterocycles. The van der Waals surface area contributed by atoms with Gasteiger partial charge in [-0.25, -0.2) is 0 Å². The molecule has 5 heteroatoms. The van der Waals surface area contributed by atoms with E-state index >= 15 is 0 Å². The Labute approximate surface area is 105 Å². The molecule has 1 saturated heterocycles. The number of hydrogen-bond acceptors (Lipinski definition) is 4. The molecule has 2 rings (SSSR count). The van der Waals surface area contributed by atoms with Gasteiger partial charge in [0.2, 0.25) is 5.91 Å². The average Bonchev–Trinajstić information content (AvgIpc) is 2.79. The van der Waals surface area contributed by atoms with Crippen LogP contribution in [0.5, 0.6) is 5.75 Å². The maximum Gasteiger partial charge on any atom is 0.260 e. The normalized spacial score (nSPS) is 18.6. The summed E-state index contributed by atoms with van der Waals surface area (Å²) in [5, 5.41) is 8.75. The highest BCUT2D eigenvalue weighted by Gasteiger charge is 2.35. The molecule has 1 aliphatic heterocycles. The number of imide groups is 1. The lowest BCUT2D eigenvalue weighted by Gasteiger charge is -2.13. The predicted octanol–water partition coefficient (Wildman–Crippen LogP) is 1.21. The van der Waals surface area contributed by atoms with Gasteiger partial charge in [0.25, 0.3) is 5.91 Å². The average molecular weight is 244 g/mol. The number of rotatable bonds is 2. The number of nitriles is 1. The van der Waals surface area contributed by atoms with Crippen LogP contribution >= 0.6 is 0 Å². The zero-order valence-electron chi connectivity index (χ0n) is 9.92. The number of carbonyl (C=O) groups is 2. The van der Waals surface area contributed by atoms with Gasteiger partial charge in [0.05, 0.1) is 13.2 Å². The van der Waals surface area contributed by atoms with Crippen LogP contribution in [0.4, 0.5) is 0 Å². The zero-order chi connectivity index (χ0) is 13.1. The third kappa shape index (κ3) is 2.05. The first kappa shape index (κ1) is 12.1. The van der Waals surface area contributed by atoms with E-state index in [1.165, 1.54) is 0 Å². The Morgan fingerprint density at radius 3 is 2.61 bits per heavy atom. The number of likely N-dealkylation sites (tertiary alicyclic amines) is 1. The van der Waals surface area contributed by atoms with E-state index in [4.69, 9.17) is 10.00 Å². The number of ether oxygens (including phenoxy) is 1. The summed E-state index contributed by atoms with van der Waals surface area (Å²) in [6.45, 7) is 0.307. The van der Waals surface area contributed by atoms with Crippen molar-refractivity contribution in [2.24, 2.45) is 5.92 Å². The van der Waals surface area contributed by atoms with Crippen LogP contribution in [0.15, 0.2) is 24.3 Å². The van der Waals surface area contributed by atoms with Gasteiger partial charge in [0.1, 0.15) is 11.7 Å². The van der Waals surface area contributed by atoms with Crippen LogP contribution in [0.2, 0.25) is 0 Å². The van der Waals surface area contributed by atoms with E-state index in [1.807, 2.05) is 6.07 Å². The van der Waals surface area contributed by atoms with Crippen molar-refractivity contribution in [2.75, 3.05) is 13.7 Å². The summed E-state index contributed by atoms with van der Waals surface area (Å²) in [7, 11) is 1.54. The fourth-order valence-electron chi connectivity index (χ4n) is 1.89. The van der Waals surface area contributed by atoms with Crippen molar-refractivity contribution in [1.82, 2.24) is 4.90 Å². The molecule has 5 nitrogen and oxygen atoms in total. The Kier molecular flexibility index (Phi) is 3.28. The lowest BCUT2D eigenvalue weighted by Crippen LogP contribution is -2.33. The lowest BCUT2D eigenvalue weighted by atomic mass is 10.1. The molecule has 92 valence electrons. The molecular weight excluding hydrogens is 232 g/mol. The van der Waals surface area contributed by atoms with Gasteiger partial charge in [-0.05, 0) is 30.7 Å². The molecule has 1 atom stereocenters. The second kappa shape index (κ2) is 4.88. The van der Waals surface area contributed by atoms with Crippen LogP contribution in [0.3, 0.4) is 0 Å². The van der Waals surface area contributed by atoms with Gasteiger partial charge in [0, 0.05) is 12.1 Å². The molecule has 1 aliphatic rings. The van der Waals surface area contributed by atoms with E-state index in [0.717, 1.165) is 4.90 Å². The van der Waals surface area contributed by atoms with Crippen molar-refractivity contribution in [3.8, 4) is 11.8 Å². The monoisotopic (exact) mass is 244 g/mol. The first-order valence-corrected chi connectivity index (χ1v) is 5.56. The van der Waals surface area contributed by atoms with Crippen molar-refractivity contribution in [1.29, 1.82) is 5.26 Å². The zero-order valence-corrected chi connectivity index (χ0v) is 9.92. The molecule has 1 fully saturated rings. The summed E-state index contributed by atoms with van der Waals surface area (Å²) < 4.78 is 5.00. The van der Waals surface area contributed by atoms with E-state index in [-0.39, 0.29) is 5.91 Å². The summed E-state index contributed by atoms with van der Waals surface area (Å²) >= 11 is 0. The van der Waals surface area contributed by atoms with E-state index in [0.29, 0.717) is 24.3 Å². The van der Waals surface area contributed by atoms with Crippen LogP contribution in [0.1, 0.15) is 16.8 Å². The topological polar surface area (TPSA) is 70.4 Å². The molecule has 18 heavy (non-hydrogen) atoms. The van der Waals surface area contributed by atoms with E-state index in [9.17, 15) is 9.59 Å². The van der Waals surface area contributed by atoms with Crippen molar-refractivity contribution < 1.29 is 14.3 Å². The molecule has 1 unspecified atom stereocenters. The highest BCUT2D eigenvalue weighted by molar-refractivity contribution is 6.06. The first-order chi connectivity index (χ1) is 8.67. The van der Waals surface area contributed by atoms with E-state index in [1.54, 1.807) is 31.4 Å². The number of amides is 2. The minimum atomic E-state index is -0.688. The second-order valence-electron chi connectivity index (χ2n) is 3.99. The molecule has 1 aromatic rings. The smallest absolute Gasteiger partial charge is 0.260 e. The molecular formula is C13H12N2O3. The van der Waals surface area contributed by atoms with Crippen molar-refractivity contribution >= 4 is 11.8 Å². The molecule has 1 heterocycles. The van der Waals surface area contributed by atoms with Crippen LogP contribution in [0.25, 0.3) is 0 Å². The third-order valence-electron chi connectivity index (χ3n) is 2.94. The summed E-state index contributed by atoms with van der Waals surface area (Å²) in [5.41, 5.74) is 0.419. The largest absolute Gasteiger partial charge is 0.497 e. The number of hydrogen-bond donors (Lipinski definition) is 0. The van der Waals surface area contributed by atoms with Gasteiger partial charge in [0.15, 0.2) is 0 Å². The minimum Gasteiger partial charge on any atom is -0.497 e. The van der Waals surface area contributed by atoms with Gasteiger partial charge < -0.3 is 4.74 Å². The lowest BCUT2D eigenvalue weighted by molar-refractivity contribution is -0.127. The molecule has 0 spiro atoms. The fraction of sp³-hybridized carbons (Fsp3) is 0.308. The van der Waals surface area contributed by atoms with Crippen LogP contribution < -0.4 is 4.74 Å². The molecule has 2 amide bonds. The molecule has 0 N–H and O–H groups in total. The highest BCUT2D eigenvalue weighted by atomic mass is 16.5. The van der Waals surface area contributed by atoms with Gasteiger partial charge in [-0.1, -0.05) is 0 Å². The number of nitrogens with zero attached hydrogens (tertiary/aromatic N) is 2. The fourth-order valence-corrected chi connectivity index (χ4v) is 1.89. The van der Waals surface area contributed by atoms with E-state index < -0.39 is 11.8 Å².